The Morgan fingerprint density at radius 1 is 1.00 bits per heavy atom. The average Bonchev–Trinajstić information content (AvgIpc) is 3.19. The summed E-state index contributed by atoms with van der Waals surface area (Å²) >= 11 is 13.4. The fourth-order valence-corrected chi connectivity index (χ4v) is 4.18. The Bertz CT molecular complexity index is 1210. The first-order chi connectivity index (χ1) is 15.0. The molecule has 1 amide bonds. The van der Waals surface area contributed by atoms with Crippen LogP contribution in [0.25, 0.3) is 17.1 Å². The number of carbonyl (C=O) groups is 1. The second kappa shape index (κ2) is 9.56. The second-order valence-electron chi connectivity index (χ2n) is 6.80. The minimum Gasteiger partial charge on any atom is -0.324 e. The molecule has 4 rings (SSSR count). The third kappa shape index (κ3) is 5.10. The molecule has 5 nitrogen and oxygen atoms in total. The van der Waals surface area contributed by atoms with Crippen LogP contribution in [0.15, 0.2) is 78.0 Å². The maximum Gasteiger partial charge on any atom is 0.234 e. The van der Waals surface area contributed by atoms with E-state index in [1.165, 1.54) is 11.8 Å². The molecule has 156 valence electrons. The Balaban J connectivity index is 1.58. The van der Waals surface area contributed by atoms with Crippen LogP contribution >= 0.6 is 35.0 Å². The summed E-state index contributed by atoms with van der Waals surface area (Å²) in [5, 5.41) is 13.1. The molecule has 0 atom stereocenters. The molecule has 8 heteroatoms. The first-order valence-electron chi connectivity index (χ1n) is 9.47. The normalized spacial score (nSPS) is 10.8. The van der Waals surface area contributed by atoms with Crippen LogP contribution in [0.2, 0.25) is 10.0 Å². The van der Waals surface area contributed by atoms with Crippen molar-refractivity contribution in [1.29, 1.82) is 0 Å². The lowest BCUT2D eigenvalue weighted by Crippen LogP contribution is -2.15. The summed E-state index contributed by atoms with van der Waals surface area (Å²) in [4.78, 5) is 12.5. The molecule has 1 aromatic heterocycles. The number of thioether (sulfide) groups is 1. The van der Waals surface area contributed by atoms with E-state index in [1.807, 2.05) is 66.1 Å². The first kappa shape index (κ1) is 21.4. The smallest absolute Gasteiger partial charge is 0.234 e. The predicted octanol–water partition coefficient (Wildman–Crippen LogP) is 6.28. The van der Waals surface area contributed by atoms with E-state index in [-0.39, 0.29) is 11.7 Å². The van der Waals surface area contributed by atoms with Crippen LogP contribution in [0.5, 0.6) is 0 Å². The molecule has 0 bridgehead atoms. The topological polar surface area (TPSA) is 59.8 Å². The lowest BCUT2D eigenvalue weighted by atomic mass is 10.2. The molecule has 0 spiro atoms. The molecule has 0 unspecified atom stereocenters. The highest BCUT2D eigenvalue weighted by atomic mass is 35.5. The van der Waals surface area contributed by atoms with Gasteiger partial charge in [-0.25, -0.2) is 0 Å². The molecular formula is C23H18Cl2N4OS. The lowest BCUT2D eigenvalue weighted by molar-refractivity contribution is -0.113. The number of aryl methyl sites for hydroxylation is 1. The fourth-order valence-electron chi connectivity index (χ4n) is 2.97. The van der Waals surface area contributed by atoms with Gasteiger partial charge < -0.3 is 5.32 Å². The third-order valence-corrected chi connectivity index (χ3v) is 5.97. The largest absolute Gasteiger partial charge is 0.324 e. The maximum atomic E-state index is 12.5. The van der Waals surface area contributed by atoms with Gasteiger partial charge in [0.1, 0.15) is 0 Å². The Hall–Kier alpha value is -2.80. The number of hydrogen-bond acceptors (Lipinski definition) is 4. The average molecular weight is 469 g/mol. The number of hydrogen-bond donors (Lipinski definition) is 1. The number of halogens is 2. The van der Waals surface area contributed by atoms with Crippen LogP contribution in [-0.4, -0.2) is 26.4 Å². The SMILES string of the molecule is Cc1ccc(-n2c(SCC(=O)Nc3ccc(Cl)cc3Cl)nnc2-c2ccccc2)cc1. The third-order valence-electron chi connectivity index (χ3n) is 4.50. The van der Waals surface area contributed by atoms with Gasteiger partial charge in [0, 0.05) is 16.3 Å². The molecule has 1 heterocycles. The number of aromatic nitrogens is 3. The van der Waals surface area contributed by atoms with E-state index in [0.717, 1.165) is 16.8 Å². The van der Waals surface area contributed by atoms with Crippen molar-refractivity contribution >= 4 is 46.6 Å². The van der Waals surface area contributed by atoms with Crippen LogP contribution in [0.1, 0.15) is 5.56 Å². The van der Waals surface area contributed by atoms with E-state index >= 15 is 0 Å². The van der Waals surface area contributed by atoms with E-state index in [4.69, 9.17) is 23.2 Å². The zero-order valence-electron chi connectivity index (χ0n) is 16.5. The van der Waals surface area contributed by atoms with Gasteiger partial charge in [-0.05, 0) is 37.3 Å². The summed E-state index contributed by atoms with van der Waals surface area (Å²) in [6, 6.07) is 22.9. The number of anilines is 1. The summed E-state index contributed by atoms with van der Waals surface area (Å²) in [6.07, 6.45) is 0. The molecule has 1 N–H and O–H groups in total. The van der Waals surface area contributed by atoms with Gasteiger partial charge in [-0.3, -0.25) is 9.36 Å². The molecule has 0 aliphatic carbocycles. The summed E-state index contributed by atoms with van der Waals surface area (Å²) in [6.45, 7) is 2.04. The van der Waals surface area contributed by atoms with Crippen molar-refractivity contribution in [2.45, 2.75) is 12.1 Å². The van der Waals surface area contributed by atoms with Gasteiger partial charge in [0.25, 0.3) is 0 Å². The standard InChI is InChI=1S/C23H18Cl2N4OS/c1-15-7-10-18(11-8-15)29-22(16-5-3-2-4-6-16)27-28-23(29)31-14-21(30)26-20-12-9-17(24)13-19(20)25/h2-13H,14H2,1H3,(H,26,30). The van der Waals surface area contributed by atoms with Gasteiger partial charge in [0.05, 0.1) is 16.5 Å². The van der Waals surface area contributed by atoms with E-state index in [0.29, 0.717) is 26.7 Å². The summed E-state index contributed by atoms with van der Waals surface area (Å²) in [5.74, 6) is 0.666. The van der Waals surface area contributed by atoms with Gasteiger partial charge in [0.15, 0.2) is 11.0 Å². The van der Waals surface area contributed by atoms with Crippen molar-refractivity contribution in [3.8, 4) is 17.1 Å². The van der Waals surface area contributed by atoms with Crippen LogP contribution in [0, 0.1) is 6.92 Å². The van der Waals surface area contributed by atoms with Gasteiger partial charge >= 0.3 is 0 Å². The minimum absolute atomic E-state index is 0.151. The zero-order valence-corrected chi connectivity index (χ0v) is 18.9. The Kier molecular flexibility index (Phi) is 6.61. The lowest BCUT2D eigenvalue weighted by Gasteiger charge is -2.11. The summed E-state index contributed by atoms with van der Waals surface area (Å²) in [7, 11) is 0. The molecule has 4 aromatic rings. The van der Waals surface area contributed by atoms with E-state index in [1.54, 1.807) is 18.2 Å². The molecule has 3 aromatic carbocycles. The molecular weight excluding hydrogens is 451 g/mol. The molecule has 0 fully saturated rings. The quantitative estimate of drug-likeness (QED) is 0.338. The van der Waals surface area contributed by atoms with E-state index < -0.39 is 0 Å². The van der Waals surface area contributed by atoms with E-state index in [9.17, 15) is 4.79 Å². The molecule has 31 heavy (non-hydrogen) atoms. The highest BCUT2D eigenvalue weighted by Crippen LogP contribution is 2.29. The van der Waals surface area contributed by atoms with Gasteiger partial charge in [-0.2, -0.15) is 0 Å². The van der Waals surface area contributed by atoms with E-state index in [2.05, 4.69) is 15.5 Å². The Labute approximate surface area is 194 Å². The monoisotopic (exact) mass is 468 g/mol. The number of carbonyl (C=O) groups excluding carboxylic acids is 1. The number of nitrogens with zero attached hydrogens (tertiary/aromatic N) is 3. The van der Waals surface area contributed by atoms with Crippen molar-refractivity contribution in [2.75, 3.05) is 11.1 Å². The highest BCUT2D eigenvalue weighted by Gasteiger charge is 2.17. The first-order valence-corrected chi connectivity index (χ1v) is 11.2. The van der Waals surface area contributed by atoms with Crippen molar-refractivity contribution < 1.29 is 4.79 Å². The van der Waals surface area contributed by atoms with Crippen LogP contribution in [0.4, 0.5) is 5.69 Å². The molecule has 0 saturated carbocycles. The highest BCUT2D eigenvalue weighted by molar-refractivity contribution is 7.99. The van der Waals surface area contributed by atoms with Gasteiger partial charge in [-0.1, -0.05) is 83.0 Å². The Morgan fingerprint density at radius 3 is 2.45 bits per heavy atom. The van der Waals surface area contributed by atoms with Crippen molar-refractivity contribution in [2.24, 2.45) is 0 Å². The minimum atomic E-state index is -0.200. The van der Waals surface area contributed by atoms with Crippen molar-refractivity contribution in [3.05, 3.63) is 88.4 Å². The van der Waals surface area contributed by atoms with Gasteiger partial charge in [-0.15, -0.1) is 10.2 Å². The summed E-state index contributed by atoms with van der Waals surface area (Å²) in [5.41, 5.74) is 3.55. The fraction of sp³-hybridized carbons (Fsp3) is 0.0870. The maximum absolute atomic E-state index is 12.5. The number of rotatable bonds is 6. The van der Waals surface area contributed by atoms with Crippen molar-refractivity contribution in [1.82, 2.24) is 14.8 Å². The molecule has 0 saturated heterocycles. The van der Waals surface area contributed by atoms with Crippen LogP contribution < -0.4 is 5.32 Å². The predicted molar refractivity (Wildman–Crippen MR) is 127 cm³/mol. The molecule has 0 radical (unpaired) electrons. The zero-order chi connectivity index (χ0) is 21.8. The number of benzene rings is 3. The summed E-state index contributed by atoms with van der Waals surface area (Å²) < 4.78 is 1.96. The van der Waals surface area contributed by atoms with Crippen LogP contribution in [-0.2, 0) is 4.79 Å². The number of nitrogens with one attached hydrogen (secondary N) is 1. The second-order valence-corrected chi connectivity index (χ2v) is 8.59. The number of amides is 1. The van der Waals surface area contributed by atoms with Crippen LogP contribution in [0.3, 0.4) is 0 Å². The molecule has 0 aliphatic heterocycles. The van der Waals surface area contributed by atoms with Crippen molar-refractivity contribution in [3.63, 3.8) is 0 Å². The molecule has 0 aliphatic rings. The Morgan fingerprint density at radius 2 is 1.74 bits per heavy atom. The van der Waals surface area contributed by atoms with Gasteiger partial charge in [0.2, 0.25) is 5.91 Å².